The molecule has 1 aromatic heterocycles. The van der Waals surface area contributed by atoms with Crippen LogP contribution >= 0.6 is 12.2 Å². The maximum Gasteiger partial charge on any atom is 0.257 e. The number of aliphatic hydroxyl groups excluding tert-OH is 1. The van der Waals surface area contributed by atoms with E-state index in [1.165, 1.54) is 0 Å². The molecule has 3 N–H and O–H groups in total. The lowest BCUT2D eigenvalue weighted by Gasteiger charge is -2.14. The molecule has 0 aliphatic heterocycles. The summed E-state index contributed by atoms with van der Waals surface area (Å²) < 4.78 is 11.2. The summed E-state index contributed by atoms with van der Waals surface area (Å²) in [4.78, 5) is 12.6. The molecule has 1 heterocycles. The maximum absolute atomic E-state index is 12.6. The minimum absolute atomic E-state index is 0.0175. The van der Waals surface area contributed by atoms with Crippen LogP contribution in [-0.4, -0.2) is 22.2 Å². The number of carbonyl (C=O) groups excluding carboxylic acids is 1. The molecule has 0 spiro atoms. The molecule has 30 heavy (non-hydrogen) atoms. The molecule has 0 aliphatic carbocycles. The van der Waals surface area contributed by atoms with Crippen LogP contribution in [0.15, 0.2) is 59.0 Å². The zero-order valence-electron chi connectivity index (χ0n) is 17.1. The van der Waals surface area contributed by atoms with Gasteiger partial charge < -0.3 is 19.6 Å². The van der Waals surface area contributed by atoms with Crippen LogP contribution in [-0.2, 0) is 6.61 Å². The van der Waals surface area contributed by atoms with Gasteiger partial charge in [-0.25, -0.2) is 0 Å². The van der Waals surface area contributed by atoms with E-state index in [9.17, 15) is 9.90 Å². The van der Waals surface area contributed by atoms with Gasteiger partial charge in [-0.2, -0.15) is 0 Å². The van der Waals surface area contributed by atoms with Gasteiger partial charge in [-0.3, -0.25) is 10.1 Å². The third kappa shape index (κ3) is 5.46. The molecule has 156 valence electrons. The van der Waals surface area contributed by atoms with E-state index in [4.69, 9.17) is 21.4 Å². The normalized spacial score (nSPS) is 10.7. The third-order valence-corrected chi connectivity index (χ3v) is 4.49. The van der Waals surface area contributed by atoms with Gasteiger partial charge in [-0.1, -0.05) is 18.2 Å². The van der Waals surface area contributed by atoms with Crippen LogP contribution in [0.5, 0.6) is 5.75 Å². The lowest BCUT2D eigenvalue weighted by atomic mass is 10.1. The number of aryl methyl sites for hydroxylation is 1. The minimum atomic E-state index is -0.325. The monoisotopic (exact) mass is 424 g/mol. The summed E-state index contributed by atoms with van der Waals surface area (Å²) in [6.07, 6.45) is 0.0175. The van der Waals surface area contributed by atoms with Crippen LogP contribution in [0, 0.1) is 6.92 Å². The number of anilines is 1. The van der Waals surface area contributed by atoms with Crippen LogP contribution in [0.25, 0.3) is 11.3 Å². The predicted octanol–water partition coefficient (Wildman–Crippen LogP) is 4.66. The molecule has 0 unspecified atom stereocenters. The van der Waals surface area contributed by atoms with Crippen LogP contribution in [0.1, 0.15) is 35.5 Å². The quantitative estimate of drug-likeness (QED) is 0.499. The molecular formula is C23H24N2O4S. The summed E-state index contributed by atoms with van der Waals surface area (Å²) in [5.74, 6) is 1.43. The number of hydrogen-bond acceptors (Lipinski definition) is 5. The molecule has 2 aromatic carbocycles. The molecule has 1 amide bonds. The molecule has 0 saturated heterocycles. The second-order valence-electron chi connectivity index (χ2n) is 7.06. The lowest BCUT2D eigenvalue weighted by molar-refractivity contribution is 0.0977. The number of hydrogen-bond donors (Lipinski definition) is 3. The van der Waals surface area contributed by atoms with E-state index < -0.39 is 0 Å². The van der Waals surface area contributed by atoms with Crippen molar-refractivity contribution in [2.45, 2.75) is 33.5 Å². The fraction of sp³-hybridized carbons (Fsp3) is 0.217. The van der Waals surface area contributed by atoms with Crippen molar-refractivity contribution in [3.05, 3.63) is 71.5 Å². The summed E-state index contributed by atoms with van der Waals surface area (Å²) in [6, 6.07) is 16.2. The van der Waals surface area contributed by atoms with Gasteiger partial charge in [-0.15, -0.1) is 0 Å². The molecule has 3 aromatic rings. The smallest absolute Gasteiger partial charge is 0.257 e. The van der Waals surface area contributed by atoms with Gasteiger partial charge in [-0.05, 0) is 75.0 Å². The Hall–Kier alpha value is -3.16. The summed E-state index contributed by atoms with van der Waals surface area (Å²) >= 11 is 5.33. The Kier molecular flexibility index (Phi) is 6.87. The highest BCUT2D eigenvalue weighted by Gasteiger charge is 2.12. The summed E-state index contributed by atoms with van der Waals surface area (Å²) in [7, 11) is 0. The predicted molar refractivity (Wildman–Crippen MR) is 121 cm³/mol. The first-order valence-corrected chi connectivity index (χ1v) is 9.96. The van der Waals surface area contributed by atoms with E-state index in [1.807, 2.05) is 39.0 Å². The Labute approximate surface area is 180 Å². The third-order valence-electron chi connectivity index (χ3n) is 4.28. The lowest BCUT2D eigenvalue weighted by Crippen LogP contribution is -2.34. The fourth-order valence-corrected chi connectivity index (χ4v) is 3.04. The van der Waals surface area contributed by atoms with Gasteiger partial charge in [0, 0.05) is 16.8 Å². The second-order valence-corrected chi connectivity index (χ2v) is 7.46. The number of carbonyl (C=O) groups is 1. The van der Waals surface area contributed by atoms with Crippen molar-refractivity contribution in [3.8, 4) is 17.1 Å². The highest BCUT2D eigenvalue weighted by Crippen LogP contribution is 2.27. The Morgan fingerprint density at radius 3 is 2.67 bits per heavy atom. The largest absolute Gasteiger partial charge is 0.491 e. The van der Waals surface area contributed by atoms with Crippen LogP contribution in [0.2, 0.25) is 0 Å². The molecule has 0 aliphatic rings. The SMILES string of the molecule is Cc1ccc(-c2ccc(CO)o2)cc1NC(=S)NC(=O)c1cccc(OC(C)C)c1. The molecular weight excluding hydrogens is 400 g/mol. The number of thiocarbonyl (C=S) groups is 1. The van der Waals surface area contributed by atoms with Gasteiger partial charge in [0.2, 0.25) is 0 Å². The van der Waals surface area contributed by atoms with E-state index in [2.05, 4.69) is 10.6 Å². The molecule has 0 bridgehead atoms. The van der Waals surface area contributed by atoms with E-state index in [0.29, 0.717) is 22.8 Å². The summed E-state index contributed by atoms with van der Waals surface area (Å²) in [5, 5.41) is 15.1. The molecule has 3 rings (SSSR count). The number of ether oxygens (including phenoxy) is 1. The van der Waals surface area contributed by atoms with Crippen molar-refractivity contribution in [1.82, 2.24) is 5.32 Å². The first kappa shape index (κ1) is 21.5. The van der Waals surface area contributed by atoms with Crippen molar-refractivity contribution in [3.63, 3.8) is 0 Å². The average molecular weight is 425 g/mol. The number of benzene rings is 2. The molecule has 0 radical (unpaired) electrons. The van der Waals surface area contributed by atoms with Crippen LogP contribution < -0.4 is 15.4 Å². The van der Waals surface area contributed by atoms with Crippen molar-refractivity contribution in [2.75, 3.05) is 5.32 Å². The van der Waals surface area contributed by atoms with Gasteiger partial charge in [0.25, 0.3) is 5.91 Å². The maximum atomic E-state index is 12.6. The molecule has 0 atom stereocenters. The van der Waals surface area contributed by atoms with E-state index >= 15 is 0 Å². The topological polar surface area (TPSA) is 83.7 Å². The van der Waals surface area contributed by atoms with Crippen molar-refractivity contribution < 1.29 is 19.1 Å². The van der Waals surface area contributed by atoms with Gasteiger partial charge in [0.05, 0.1) is 6.10 Å². The zero-order chi connectivity index (χ0) is 21.7. The van der Waals surface area contributed by atoms with Gasteiger partial charge in [0.15, 0.2) is 5.11 Å². The zero-order valence-corrected chi connectivity index (χ0v) is 17.9. The standard InChI is InChI=1S/C23H24N2O4S/c1-14(2)28-18-6-4-5-17(11-18)22(27)25-23(30)24-20-12-16(8-7-15(20)3)21-10-9-19(13-26)29-21/h4-12,14,26H,13H2,1-3H3,(H2,24,25,27,30). The Morgan fingerprint density at radius 1 is 1.17 bits per heavy atom. The Balaban J connectivity index is 1.70. The minimum Gasteiger partial charge on any atom is -0.491 e. The van der Waals surface area contributed by atoms with Gasteiger partial charge in [0.1, 0.15) is 23.9 Å². The summed E-state index contributed by atoms with van der Waals surface area (Å²) in [5.41, 5.74) is 2.98. The highest BCUT2D eigenvalue weighted by molar-refractivity contribution is 7.80. The Bertz CT molecular complexity index is 1060. The van der Waals surface area contributed by atoms with E-state index in [-0.39, 0.29) is 23.7 Å². The number of amides is 1. The molecule has 0 fully saturated rings. The van der Waals surface area contributed by atoms with Crippen molar-refractivity contribution in [2.24, 2.45) is 0 Å². The first-order chi connectivity index (χ1) is 14.4. The second kappa shape index (κ2) is 9.56. The van der Waals surface area contributed by atoms with Crippen LogP contribution in [0.3, 0.4) is 0 Å². The van der Waals surface area contributed by atoms with Gasteiger partial charge >= 0.3 is 0 Å². The van der Waals surface area contributed by atoms with E-state index in [0.717, 1.165) is 16.8 Å². The van der Waals surface area contributed by atoms with E-state index in [1.54, 1.807) is 36.4 Å². The highest BCUT2D eigenvalue weighted by atomic mass is 32.1. The van der Waals surface area contributed by atoms with Crippen molar-refractivity contribution in [1.29, 1.82) is 0 Å². The van der Waals surface area contributed by atoms with Crippen LogP contribution in [0.4, 0.5) is 5.69 Å². The number of furan rings is 1. The number of aliphatic hydroxyl groups is 1. The Morgan fingerprint density at radius 2 is 1.97 bits per heavy atom. The number of nitrogens with one attached hydrogen (secondary N) is 2. The van der Waals surface area contributed by atoms with Crippen molar-refractivity contribution >= 4 is 28.9 Å². The first-order valence-electron chi connectivity index (χ1n) is 9.55. The molecule has 6 nitrogen and oxygen atoms in total. The fourth-order valence-electron chi connectivity index (χ4n) is 2.84. The summed E-state index contributed by atoms with van der Waals surface area (Å²) in [6.45, 7) is 5.63. The number of rotatable bonds is 6. The molecule has 0 saturated carbocycles. The molecule has 7 heteroatoms. The average Bonchev–Trinajstić information content (AvgIpc) is 3.18.